The summed E-state index contributed by atoms with van der Waals surface area (Å²) in [5.74, 6) is 1.08. The molecule has 0 aliphatic heterocycles. The number of hydrogen-bond donors (Lipinski definition) is 2. The van der Waals surface area contributed by atoms with E-state index in [9.17, 15) is 0 Å². The molecule has 0 atom stereocenters. The minimum absolute atomic E-state index is 0.253. The molecule has 2 heterocycles. The Kier molecular flexibility index (Phi) is 3.23. The van der Waals surface area contributed by atoms with Crippen molar-refractivity contribution in [2.45, 2.75) is 19.8 Å². The number of H-pyrrole nitrogens is 2. The summed E-state index contributed by atoms with van der Waals surface area (Å²) < 4.78 is 2.17. The van der Waals surface area contributed by atoms with Crippen molar-refractivity contribution in [2.75, 3.05) is 0 Å². The fourth-order valence-electron chi connectivity index (χ4n) is 2.11. The van der Waals surface area contributed by atoms with Crippen molar-refractivity contribution >= 4 is 29.3 Å². The molecule has 5 nitrogen and oxygen atoms in total. The number of hydrogen-bond acceptors (Lipinski definition) is 3. The largest absolute Gasteiger partial charge is 0.361 e. The Morgan fingerprint density at radius 3 is 2.95 bits per heavy atom. The SMILES string of the molecule is CC(C)c1n[nH]c(=S)n1/N=C\c1c[nH]c2ccccc12. The van der Waals surface area contributed by atoms with E-state index in [4.69, 9.17) is 12.2 Å². The van der Waals surface area contributed by atoms with Crippen LogP contribution in [-0.4, -0.2) is 26.1 Å². The summed E-state index contributed by atoms with van der Waals surface area (Å²) in [6.07, 6.45) is 3.74. The second kappa shape index (κ2) is 5.05. The Morgan fingerprint density at radius 2 is 2.15 bits per heavy atom. The first kappa shape index (κ1) is 12.8. The maximum absolute atomic E-state index is 5.21. The standard InChI is InChI=1S/C14H15N5S/c1-9(2)13-17-18-14(20)19(13)16-8-10-7-15-12-6-4-3-5-11(10)12/h3-9,15H,1-2H3,(H,18,20)/b16-8-. The molecule has 0 saturated carbocycles. The molecule has 3 rings (SSSR count). The van der Waals surface area contributed by atoms with Gasteiger partial charge in [0.05, 0.1) is 6.21 Å². The Morgan fingerprint density at radius 1 is 1.35 bits per heavy atom. The van der Waals surface area contributed by atoms with Crippen molar-refractivity contribution in [1.82, 2.24) is 19.9 Å². The Bertz CT molecular complexity index is 821. The van der Waals surface area contributed by atoms with Gasteiger partial charge in [-0.1, -0.05) is 32.0 Å². The molecule has 2 aromatic heterocycles. The van der Waals surface area contributed by atoms with Gasteiger partial charge >= 0.3 is 0 Å². The van der Waals surface area contributed by atoms with Gasteiger partial charge in [0, 0.05) is 28.6 Å². The van der Waals surface area contributed by atoms with Crippen LogP contribution < -0.4 is 0 Å². The average Bonchev–Trinajstić information content (AvgIpc) is 3.00. The van der Waals surface area contributed by atoms with Crippen LogP contribution in [0.4, 0.5) is 0 Å². The van der Waals surface area contributed by atoms with Crippen molar-refractivity contribution in [1.29, 1.82) is 0 Å². The van der Waals surface area contributed by atoms with E-state index in [0.717, 1.165) is 22.3 Å². The van der Waals surface area contributed by atoms with Crippen LogP contribution in [0.15, 0.2) is 35.6 Å². The zero-order valence-corrected chi connectivity index (χ0v) is 12.1. The summed E-state index contributed by atoms with van der Waals surface area (Å²) in [6.45, 7) is 4.12. The number of fused-ring (bicyclic) bond motifs is 1. The number of benzene rings is 1. The first-order valence-electron chi connectivity index (χ1n) is 6.44. The fraction of sp³-hybridized carbons (Fsp3) is 0.214. The van der Waals surface area contributed by atoms with Crippen LogP contribution in [0.25, 0.3) is 10.9 Å². The Balaban J connectivity index is 2.03. The van der Waals surface area contributed by atoms with E-state index in [2.05, 4.69) is 40.2 Å². The number of nitrogens with one attached hydrogen (secondary N) is 2. The highest BCUT2D eigenvalue weighted by molar-refractivity contribution is 7.71. The minimum Gasteiger partial charge on any atom is -0.361 e. The fourth-order valence-corrected chi connectivity index (χ4v) is 2.30. The van der Waals surface area contributed by atoms with Crippen LogP contribution in [0, 0.1) is 4.77 Å². The second-order valence-electron chi connectivity index (χ2n) is 4.89. The molecule has 3 aromatic rings. The zero-order valence-electron chi connectivity index (χ0n) is 11.3. The van der Waals surface area contributed by atoms with Crippen LogP contribution >= 0.6 is 12.2 Å². The molecule has 6 heteroatoms. The lowest BCUT2D eigenvalue weighted by molar-refractivity contribution is 0.695. The molecule has 102 valence electrons. The van der Waals surface area contributed by atoms with E-state index < -0.39 is 0 Å². The van der Waals surface area contributed by atoms with Gasteiger partial charge in [0.1, 0.15) is 0 Å². The van der Waals surface area contributed by atoms with E-state index in [1.807, 2.05) is 24.4 Å². The molecule has 2 N–H and O–H groups in total. The van der Waals surface area contributed by atoms with Gasteiger partial charge in [0.15, 0.2) is 5.82 Å². The molecule has 0 fully saturated rings. The molecule has 0 radical (unpaired) electrons. The first-order valence-corrected chi connectivity index (χ1v) is 6.85. The van der Waals surface area contributed by atoms with Crippen LogP contribution in [0.1, 0.15) is 31.2 Å². The van der Waals surface area contributed by atoms with Crippen LogP contribution in [-0.2, 0) is 0 Å². The summed E-state index contributed by atoms with van der Waals surface area (Å²) in [6, 6.07) is 8.11. The number of nitrogens with zero attached hydrogens (tertiary/aromatic N) is 3. The lowest BCUT2D eigenvalue weighted by atomic mass is 10.2. The van der Waals surface area contributed by atoms with Crippen molar-refractivity contribution in [3.05, 3.63) is 46.6 Å². The molecule has 0 bridgehead atoms. The smallest absolute Gasteiger partial charge is 0.216 e. The summed E-state index contributed by atoms with van der Waals surface area (Å²) >= 11 is 5.21. The molecule has 0 unspecified atom stereocenters. The molecular formula is C14H15N5S. The first-order chi connectivity index (χ1) is 9.66. The monoisotopic (exact) mass is 285 g/mol. The minimum atomic E-state index is 0.253. The highest BCUT2D eigenvalue weighted by atomic mass is 32.1. The third kappa shape index (κ3) is 2.18. The lowest BCUT2D eigenvalue weighted by Gasteiger charge is -2.02. The molecule has 20 heavy (non-hydrogen) atoms. The van der Waals surface area contributed by atoms with Gasteiger partial charge in [-0.05, 0) is 18.3 Å². The highest BCUT2D eigenvalue weighted by Crippen LogP contribution is 2.16. The van der Waals surface area contributed by atoms with E-state index in [1.54, 1.807) is 10.9 Å². The van der Waals surface area contributed by atoms with Gasteiger partial charge in [-0.25, -0.2) is 0 Å². The zero-order chi connectivity index (χ0) is 14.1. The van der Waals surface area contributed by atoms with Gasteiger partial charge in [-0.3, -0.25) is 5.10 Å². The van der Waals surface area contributed by atoms with E-state index in [-0.39, 0.29) is 5.92 Å². The molecule has 0 saturated heterocycles. The highest BCUT2D eigenvalue weighted by Gasteiger charge is 2.09. The number of aromatic nitrogens is 4. The lowest BCUT2D eigenvalue weighted by Crippen LogP contribution is -2.00. The predicted molar refractivity (Wildman–Crippen MR) is 82.8 cm³/mol. The molecule has 0 spiro atoms. The average molecular weight is 285 g/mol. The summed E-state index contributed by atoms with van der Waals surface area (Å²) in [5.41, 5.74) is 2.12. The molecule has 1 aromatic carbocycles. The third-order valence-corrected chi connectivity index (χ3v) is 3.39. The number of rotatable bonds is 3. The third-order valence-electron chi connectivity index (χ3n) is 3.13. The van der Waals surface area contributed by atoms with Crippen molar-refractivity contribution in [2.24, 2.45) is 5.10 Å². The summed E-state index contributed by atoms with van der Waals surface area (Å²) in [4.78, 5) is 3.22. The predicted octanol–water partition coefficient (Wildman–Crippen LogP) is 3.43. The molecular weight excluding hydrogens is 270 g/mol. The van der Waals surface area contributed by atoms with Gasteiger partial charge < -0.3 is 4.98 Å². The van der Waals surface area contributed by atoms with Gasteiger partial charge in [0.2, 0.25) is 4.77 Å². The topological polar surface area (TPSA) is 61.8 Å². The normalized spacial score (nSPS) is 11.9. The maximum atomic E-state index is 5.21. The molecule has 0 aliphatic rings. The number of aromatic amines is 2. The summed E-state index contributed by atoms with van der Waals surface area (Å²) in [7, 11) is 0. The van der Waals surface area contributed by atoms with Crippen LogP contribution in [0.5, 0.6) is 0 Å². The van der Waals surface area contributed by atoms with Crippen LogP contribution in [0.3, 0.4) is 0 Å². The van der Waals surface area contributed by atoms with E-state index >= 15 is 0 Å². The van der Waals surface area contributed by atoms with Gasteiger partial charge in [0.25, 0.3) is 0 Å². The van der Waals surface area contributed by atoms with Crippen molar-refractivity contribution < 1.29 is 0 Å². The van der Waals surface area contributed by atoms with Crippen molar-refractivity contribution in [3.8, 4) is 0 Å². The van der Waals surface area contributed by atoms with Gasteiger partial charge in [-0.2, -0.15) is 14.9 Å². The molecule has 0 aliphatic carbocycles. The number of para-hydroxylation sites is 1. The van der Waals surface area contributed by atoms with Crippen molar-refractivity contribution in [3.63, 3.8) is 0 Å². The second-order valence-corrected chi connectivity index (χ2v) is 5.27. The van der Waals surface area contributed by atoms with Crippen LogP contribution in [0.2, 0.25) is 0 Å². The Labute approximate surface area is 121 Å². The van der Waals surface area contributed by atoms with E-state index in [1.165, 1.54) is 0 Å². The maximum Gasteiger partial charge on any atom is 0.216 e. The van der Waals surface area contributed by atoms with Gasteiger partial charge in [-0.15, -0.1) is 0 Å². The Hall–Kier alpha value is -2.21. The van der Waals surface area contributed by atoms with E-state index in [0.29, 0.717) is 4.77 Å². The summed E-state index contributed by atoms with van der Waals surface area (Å²) in [5, 5.41) is 12.6. The quantitative estimate of drug-likeness (QED) is 0.572. The molecule has 0 amide bonds.